The van der Waals surface area contributed by atoms with Crippen molar-refractivity contribution in [3.8, 4) is 22.5 Å². The molecular formula is C22H19BClFN4O3. The molecule has 162 valence electrons. The smallest absolute Gasteiger partial charge is 0.423 e. The maximum absolute atomic E-state index is 14.8. The Hall–Kier alpha value is -2.85. The number of pyridine rings is 2. The van der Waals surface area contributed by atoms with E-state index < -0.39 is 12.9 Å². The molecular weight excluding hydrogens is 434 g/mol. The third-order valence-electron chi connectivity index (χ3n) is 5.50. The predicted octanol–water partition coefficient (Wildman–Crippen LogP) is 3.33. The summed E-state index contributed by atoms with van der Waals surface area (Å²) in [5.41, 5.74) is 3.12. The lowest BCUT2D eigenvalue weighted by Gasteiger charge is -2.22. The molecule has 1 aliphatic rings. The van der Waals surface area contributed by atoms with E-state index in [2.05, 4.69) is 15.1 Å². The van der Waals surface area contributed by atoms with Gasteiger partial charge in [0.2, 0.25) is 0 Å². The maximum atomic E-state index is 14.8. The van der Waals surface area contributed by atoms with E-state index in [1.165, 1.54) is 24.4 Å². The fraction of sp³-hybridized carbons (Fsp3) is 0.227. The Balaban J connectivity index is 1.68. The maximum Gasteiger partial charge on any atom is 0.490 e. The number of benzene rings is 1. The summed E-state index contributed by atoms with van der Waals surface area (Å²) < 4.78 is 22.3. The molecule has 1 unspecified atom stereocenters. The van der Waals surface area contributed by atoms with Gasteiger partial charge in [-0.1, -0.05) is 11.6 Å². The van der Waals surface area contributed by atoms with Crippen LogP contribution < -0.4 is 5.46 Å². The Kier molecular flexibility index (Phi) is 5.65. The van der Waals surface area contributed by atoms with Gasteiger partial charge in [0.05, 0.1) is 16.7 Å². The molecule has 0 spiro atoms. The summed E-state index contributed by atoms with van der Waals surface area (Å²) in [6, 6.07) is 9.45. The van der Waals surface area contributed by atoms with Gasteiger partial charge in [-0.2, -0.15) is 5.10 Å². The molecule has 2 N–H and O–H groups in total. The van der Waals surface area contributed by atoms with E-state index in [1.54, 1.807) is 29.1 Å². The van der Waals surface area contributed by atoms with E-state index in [9.17, 15) is 14.4 Å². The highest BCUT2D eigenvalue weighted by Gasteiger charge is 2.23. The van der Waals surface area contributed by atoms with E-state index in [1.807, 2.05) is 0 Å². The van der Waals surface area contributed by atoms with Crippen LogP contribution >= 0.6 is 11.6 Å². The molecule has 0 amide bonds. The summed E-state index contributed by atoms with van der Waals surface area (Å²) >= 11 is 6.15. The molecule has 0 saturated carbocycles. The summed E-state index contributed by atoms with van der Waals surface area (Å²) in [6.07, 6.45) is 5.78. The monoisotopic (exact) mass is 452 g/mol. The van der Waals surface area contributed by atoms with Crippen molar-refractivity contribution in [3.63, 3.8) is 0 Å². The van der Waals surface area contributed by atoms with Gasteiger partial charge in [-0.15, -0.1) is 0 Å². The second-order valence-corrected chi connectivity index (χ2v) is 8.13. The van der Waals surface area contributed by atoms with Crippen LogP contribution in [-0.4, -0.2) is 43.5 Å². The number of nitrogens with zero attached hydrogens (tertiary/aromatic N) is 4. The van der Waals surface area contributed by atoms with Crippen LogP contribution in [0.5, 0.6) is 0 Å². The second-order valence-electron chi connectivity index (χ2n) is 7.69. The van der Waals surface area contributed by atoms with Crippen LogP contribution in [0.2, 0.25) is 5.02 Å². The van der Waals surface area contributed by atoms with Crippen molar-refractivity contribution >= 4 is 35.2 Å². The van der Waals surface area contributed by atoms with Crippen molar-refractivity contribution in [1.29, 1.82) is 0 Å². The lowest BCUT2D eigenvalue weighted by Crippen LogP contribution is -2.30. The van der Waals surface area contributed by atoms with E-state index in [-0.39, 0.29) is 17.3 Å². The van der Waals surface area contributed by atoms with Gasteiger partial charge in [0.25, 0.3) is 0 Å². The average Bonchev–Trinajstić information content (AvgIpc) is 3.26. The Morgan fingerprint density at radius 1 is 1.09 bits per heavy atom. The second kappa shape index (κ2) is 8.59. The molecule has 4 aromatic rings. The zero-order chi connectivity index (χ0) is 22.2. The van der Waals surface area contributed by atoms with Gasteiger partial charge in [-0.05, 0) is 55.7 Å². The van der Waals surface area contributed by atoms with Crippen LogP contribution in [0.15, 0.2) is 48.8 Å². The molecule has 10 heteroatoms. The minimum Gasteiger partial charge on any atom is -0.423 e. The summed E-state index contributed by atoms with van der Waals surface area (Å²) in [6.45, 7) is 0.646. The van der Waals surface area contributed by atoms with Crippen LogP contribution in [0.3, 0.4) is 0 Å². The highest BCUT2D eigenvalue weighted by molar-refractivity contribution is 6.58. The molecule has 3 aromatic heterocycles. The molecule has 0 aliphatic carbocycles. The van der Waals surface area contributed by atoms with E-state index in [0.29, 0.717) is 39.6 Å². The summed E-state index contributed by atoms with van der Waals surface area (Å²) in [5.74, 6) is -0.446. The van der Waals surface area contributed by atoms with Gasteiger partial charge < -0.3 is 14.8 Å². The lowest BCUT2D eigenvalue weighted by atomic mass is 9.81. The first kappa shape index (κ1) is 21.0. The van der Waals surface area contributed by atoms with Crippen molar-refractivity contribution in [3.05, 3.63) is 59.6 Å². The van der Waals surface area contributed by atoms with Crippen molar-refractivity contribution in [2.75, 3.05) is 6.61 Å². The van der Waals surface area contributed by atoms with E-state index in [0.717, 1.165) is 19.3 Å². The van der Waals surface area contributed by atoms with E-state index in [4.69, 9.17) is 16.3 Å². The van der Waals surface area contributed by atoms with Crippen molar-refractivity contribution in [2.24, 2.45) is 0 Å². The molecule has 1 saturated heterocycles. The Morgan fingerprint density at radius 3 is 2.75 bits per heavy atom. The van der Waals surface area contributed by atoms with Crippen LogP contribution in [0.25, 0.3) is 33.5 Å². The predicted molar refractivity (Wildman–Crippen MR) is 120 cm³/mol. The van der Waals surface area contributed by atoms with Crippen LogP contribution in [0.4, 0.5) is 4.39 Å². The zero-order valence-electron chi connectivity index (χ0n) is 16.9. The summed E-state index contributed by atoms with van der Waals surface area (Å²) in [7, 11) is -1.65. The number of rotatable bonds is 4. The topological polar surface area (TPSA) is 93.3 Å². The number of halogens is 2. The average molecular weight is 453 g/mol. The number of fused-ring (bicyclic) bond motifs is 1. The zero-order valence-corrected chi connectivity index (χ0v) is 17.7. The minimum absolute atomic E-state index is 0.231. The first-order valence-corrected chi connectivity index (χ1v) is 10.7. The van der Waals surface area contributed by atoms with Crippen LogP contribution in [0, 0.1) is 5.82 Å². The fourth-order valence-electron chi connectivity index (χ4n) is 3.85. The quantitative estimate of drug-likeness (QED) is 0.461. The molecule has 7 nitrogen and oxygen atoms in total. The van der Waals surface area contributed by atoms with Gasteiger partial charge in [0.1, 0.15) is 17.7 Å². The highest BCUT2D eigenvalue weighted by atomic mass is 35.5. The summed E-state index contributed by atoms with van der Waals surface area (Å²) in [5, 5.41) is 24.0. The first-order valence-electron chi connectivity index (χ1n) is 10.3. The van der Waals surface area contributed by atoms with Gasteiger partial charge in [-0.25, -0.2) is 14.1 Å². The van der Waals surface area contributed by atoms with Crippen molar-refractivity contribution in [1.82, 2.24) is 19.7 Å². The van der Waals surface area contributed by atoms with E-state index >= 15 is 0 Å². The molecule has 32 heavy (non-hydrogen) atoms. The number of ether oxygens (including phenoxy) is 1. The lowest BCUT2D eigenvalue weighted by molar-refractivity contribution is -0.0393. The summed E-state index contributed by atoms with van der Waals surface area (Å²) in [4.78, 5) is 8.87. The molecule has 0 radical (unpaired) electrons. The number of hydrogen-bond donors (Lipinski definition) is 2. The normalized spacial score (nSPS) is 16.4. The SMILES string of the molecule is OB(O)c1cnc2ccc(-c3cn(C4CCCCO4)nc3-c3cc(Cl)ccc3F)nc2c1. The number of hydrogen-bond acceptors (Lipinski definition) is 6. The van der Waals surface area contributed by atoms with Gasteiger partial charge in [0.15, 0.2) is 0 Å². The van der Waals surface area contributed by atoms with Gasteiger partial charge in [0, 0.05) is 40.6 Å². The standard InChI is InChI=1S/C22H19BClFN4O3/c24-14-4-5-17(25)15(10-14)22-16(12-29(28-22)21-3-1-2-8-32-21)18-6-7-19-20(27-18)9-13(11-26-19)23(30)31/h4-7,9-12,21,30-31H,1-3,8H2. The molecule has 5 rings (SSSR count). The Morgan fingerprint density at radius 2 is 1.97 bits per heavy atom. The van der Waals surface area contributed by atoms with Crippen molar-refractivity contribution in [2.45, 2.75) is 25.5 Å². The Labute approximate surface area is 188 Å². The number of aromatic nitrogens is 4. The molecule has 1 aliphatic heterocycles. The highest BCUT2D eigenvalue weighted by Crippen LogP contribution is 2.35. The molecule has 0 bridgehead atoms. The largest absolute Gasteiger partial charge is 0.490 e. The third-order valence-corrected chi connectivity index (χ3v) is 5.73. The molecule has 1 fully saturated rings. The van der Waals surface area contributed by atoms with Gasteiger partial charge in [-0.3, -0.25) is 4.98 Å². The third kappa shape index (κ3) is 4.00. The van der Waals surface area contributed by atoms with Gasteiger partial charge >= 0.3 is 7.12 Å². The van der Waals surface area contributed by atoms with Crippen LogP contribution in [-0.2, 0) is 4.74 Å². The molecule has 1 aromatic carbocycles. The minimum atomic E-state index is -1.65. The fourth-order valence-corrected chi connectivity index (χ4v) is 4.02. The van der Waals surface area contributed by atoms with Crippen LogP contribution in [0.1, 0.15) is 25.5 Å². The first-order chi connectivity index (χ1) is 15.5. The van der Waals surface area contributed by atoms with Crippen molar-refractivity contribution < 1.29 is 19.2 Å². The molecule has 1 atom stereocenters. The Bertz CT molecular complexity index is 1290. The molecule has 4 heterocycles.